The maximum Gasteiger partial charge on any atom is 0.264 e. The number of carbonyl (C=O) groups is 1. The summed E-state index contributed by atoms with van der Waals surface area (Å²) in [5.41, 5.74) is 1.25. The summed E-state index contributed by atoms with van der Waals surface area (Å²) < 4.78 is 1.22. The van der Waals surface area contributed by atoms with Gasteiger partial charge in [0.1, 0.15) is 0 Å². The number of likely N-dealkylation sites (tertiary alicyclic amines) is 2. The van der Waals surface area contributed by atoms with Crippen molar-refractivity contribution < 1.29 is 4.79 Å². The molecule has 1 amide bonds. The van der Waals surface area contributed by atoms with E-state index in [1.165, 1.54) is 48.0 Å². The predicted octanol–water partition coefficient (Wildman–Crippen LogP) is 4.30. The molecule has 4 rings (SSSR count). The van der Waals surface area contributed by atoms with E-state index in [4.69, 9.17) is 0 Å². The standard InChI is InChI=1S/C20H26N2OS/c1-15-7-8-18-16(12-15)13-19(24-18)20(23)22-11-5-6-17(22)14-21-9-3-2-4-10-21/h7-8,12-13,17H,2-6,9-11,14H2,1H3. The Morgan fingerprint density at radius 3 is 2.79 bits per heavy atom. The molecule has 0 radical (unpaired) electrons. The molecule has 24 heavy (non-hydrogen) atoms. The Kier molecular flexibility index (Phi) is 4.59. The second kappa shape index (κ2) is 6.85. The number of hydrogen-bond acceptors (Lipinski definition) is 3. The molecule has 2 saturated heterocycles. The summed E-state index contributed by atoms with van der Waals surface area (Å²) in [5.74, 6) is 0.244. The van der Waals surface area contributed by atoms with Gasteiger partial charge >= 0.3 is 0 Å². The van der Waals surface area contributed by atoms with Crippen LogP contribution in [0.2, 0.25) is 0 Å². The Morgan fingerprint density at radius 2 is 1.96 bits per heavy atom. The number of amides is 1. The molecule has 0 N–H and O–H groups in total. The van der Waals surface area contributed by atoms with Crippen LogP contribution in [0, 0.1) is 6.92 Å². The molecular weight excluding hydrogens is 316 g/mol. The van der Waals surface area contributed by atoms with Gasteiger partial charge in [0.2, 0.25) is 0 Å². The lowest BCUT2D eigenvalue weighted by molar-refractivity contribution is 0.0695. The molecule has 1 atom stereocenters. The third-order valence-electron chi connectivity index (χ3n) is 5.44. The van der Waals surface area contributed by atoms with E-state index in [1.54, 1.807) is 11.3 Å². The van der Waals surface area contributed by atoms with Crippen LogP contribution in [0.3, 0.4) is 0 Å². The molecule has 2 fully saturated rings. The van der Waals surface area contributed by atoms with Crippen LogP contribution >= 0.6 is 11.3 Å². The zero-order valence-corrected chi connectivity index (χ0v) is 15.3. The van der Waals surface area contributed by atoms with Gasteiger partial charge in [-0.25, -0.2) is 0 Å². The minimum atomic E-state index is 0.244. The molecule has 2 aliphatic heterocycles. The Hall–Kier alpha value is -1.39. The molecule has 128 valence electrons. The van der Waals surface area contributed by atoms with Crippen LogP contribution in [0.25, 0.3) is 10.1 Å². The fraction of sp³-hybridized carbons (Fsp3) is 0.550. The molecule has 1 aromatic carbocycles. The van der Waals surface area contributed by atoms with Gasteiger partial charge in [-0.1, -0.05) is 24.1 Å². The summed E-state index contributed by atoms with van der Waals surface area (Å²) in [6.45, 7) is 6.51. The Balaban J connectivity index is 1.50. The lowest BCUT2D eigenvalue weighted by atomic mass is 10.1. The zero-order chi connectivity index (χ0) is 16.5. The van der Waals surface area contributed by atoms with Gasteiger partial charge in [0.05, 0.1) is 4.88 Å². The van der Waals surface area contributed by atoms with E-state index >= 15 is 0 Å². The van der Waals surface area contributed by atoms with Crippen molar-refractivity contribution in [1.29, 1.82) is 0 Å². The number of thiophene rings is 1. The monoisotopic (exact) mass is 342 g/mol. The Morgan fingerprint density at radius 1 is 1.12 bits per heavy atom. The Labute approximate surface area is 148 Å². The molecule has 4 heteroatoms. The topological polar surface area (TPSA) is 23.6 Å². The average molecular weight is 343 g/mol. The second-order valence-electron chi connectivity index (χ2n) is 7.31. The lowest BCUT2D eigenvalue weighted by Crippen LogP contribution is -2.44. The first kappa shape index (κ1) is 16.1. The van der Waals surface area contributed by atoms with Gasteiger partial charge in [0, 0.05) is 23.8 Å². The van der Waals surface area contributed by atoms with E-state index in [1.807, 2.05) is 0 Å². The van der Waals surface area contributed by atoms with Gasteiger partial charge in [0.15, 0.2) is 0 Å². The third kappa shape index (κ3) is 3.22. The van der Waals surface area contributed by atoms with Crippen LogP contribution in [0.15, 0.2) is 24.3 Å². The minimum Gasteiger partial charge on any atom is -0.334 e. The van der Waals surface area contributed by atoms with Crippen molar-refractivity contribution in [3.63, 3.8) is 0 Å². The Bertz CT molecular complexity index is 732. The van der Waals surface area contributed by atoms with Crippen molar-refractivity contribution in [2.45, 2.75) is 45.1 Å². The number of carbonyl (C=O) groups excluding carboxylic acids is 1. The lowest BCUT2D eigenvalue weighted by Gasteiger charge is -2.32. The van der Waals surface area contributed by atoms with Crippen LogP contribution in [-0.2, 0) is 0 Å². The summed E-state index contributed by atoms with van der Waals surface area (Å²) in [6.07, 6.45) is 6.30. The molecule has 1 aromatic heterocycles. The maximum absolute atomic E-state index is 13.1. The van der Waals surface area contributed by atoms with E-state index in [0.29, 0.717) is 6.04 Å². The van der Waals surface area contributed by atoms with Gasteiger partial charge in [-0.15, -0.1) is 11.3 Å². The van der Waals surface area contributed by atoms with Crippen molar-refractivity contribution in [3.05, 3.63) is 34.7 Å². The van der Waals surface area contributed by atoms with E-state index in [0.717, 1.165) is 30.8 Å². The van der Waals surface area contributed by atoms with Crippen molar-refractivity contribution in [2.75, 3.05) is 26.2 Å². The molecule has 0 bridgehead atoms. The highest BCUT2D eigenvalue weighted by atomic mass is 32.1. The molecule has 0 aliphatic carbocycles. The number of piperidine rings is 1. The first-order valence-corrected chi connectivity index (χ1v) is 10.1. The van der Waals surface area contributed by atoms with Gasteiger partial charge in [-0.3, -0.25) is 4.79 Å². The van der Waals surface area contributed by atoms with Crippen LogP contribution in [-0.4, -0.2) is 47.9 Å². The summed E-state index contributed by atoms with van der Waals surface area (Å²) in [5, 5.41) is 1.20. The van der Waals surface area contributed by atoms with Crippen LogP contribution in [0.1, 0.15) is 47.3 Å². The highest BCUT2D eigenvalue weighted by Gasteiger charge is 2.31. The fourth-order valence-electron chi connectivity index (χ4n) is 4.14. The highest BCUT2D eigenvalue weighted by molar-refractivity contribution is 7.20. The van der Waals surface area contributed by atoms with E-state index in [-0.39, 0.29) is 5.91 Å². The zero-order valence-electron chi connectivity index (χ0n) is 14.5. The number of benzene rings is 1. The molecule has 0 spiro atoms. The van der Waals surface area contributed by atoms with Crippen LogP contribution in [0.4, 0.5) is 0 Å². The van der Waals surface area contributed by atoms with Crippen molar-refractivity contribution in [1.82, 2.24) is 9.80 Å². The third-order valence-corrected chi connectivity index (χ3v) is 6.54. The van der Waals surface area contributed by atoms with E-state index in [2.05, 4.69) is 41.0 Å². The number of rotatable bonds is 3. The normalized spacial score (nSPS) is 22.4. The van der Waals surface area contributed by atoms with E-state index < -0.39 is 0 Å². The van der Waals surface area contributed by atoms with Crippen molar-refractivity contribution in [3.8, 4) is 0 Å². The number of fused-ring (bicyclic) bond motifs is 1. The first-order valence-electron chi connectivity index (χ1n) is 9.24. The predicted molar refractivity (Wildman–Crippen MR) is 101 cm³/mol. The van der Waals surface area contributed by atoms with Crippen molar-refractivity contribution >= 4 is 27.3 Å². The van der Waals surface area contributed by atoms with Crippen LogP contribution in [0.5, 0.6) is 0 Å². The van der Waals surface area contributed by atoms with Gasteiger partial charge in [-0.05, 0) is 63.2 Å². The molecular formula is C20H26N2OS. The summed E-state index contributed by atoms with van der Waals surface area (Å²) in [7, 11) is 0. The second-order valence-corrected chi connectivity index (χ2v) is 8.39. The number of hydrogen-bond donors (Lipinski definition) is 0. The quantitative estimate of drug-likeness (QED) is 0.830. The summed E-state index contributed by atoms with van der Waals surface area (Å²) >= 11 is 1.64. The number of aryl methyl sites for hydroxylation is 1. The molecule has 3 nitrogen and oxygen atoms in total. The number of nitrogens with zero attached hydrogens (tertiary/aromatic N) is 2. The van der Waals surface area contributed by atoms with Gasteiger partial charge < -0.3 is 9.80 Å². The SMILES string of the molecule is Cc1ccc2sc(C(=O)N3CCCC3CN3CCCCC3)cc2c1. The fourth-order valence-corrected chi connectivity index (χ4v) is 5.14. The highest BCUT2D eigenvalue weighted by Crippen LogP contribution is 2.30. The van der Waals surface area contributed by atoms with Gasteiger partial charge in [0.25, 0.3) is 5.91 Å². The van der Waals surface area contributed by atoms with Crippen LogP contribution < -0.4 is 0 Å². The molecule has 1 unspecified atom stereocenters. The maximum atomic E-state index is 13.1. The largest absolute Gasteiger partial charge is 0.334 e. The summed E-state index contributed by atoms with van der Waals surface area (Å²) in [6, 6.07) is 8.94. The van der Waals surface area contributed by atoms with Crippen molar-refractivity contribution in [2.24, 2.45) is 0 Å². The average Bonchev–Trinajstić information content (AvgIpc) is 3.21. The minimum absolute atomic E-state index is 0.244. The molecule has 3 heterocycles. The smallest absolute Gasteiger partial charge is 0.264 e. The first-order chi connectivity index (χ1) is 11.7. The van der Waals surface area contributed by atoms with Gasteiger partial charge in [-0.2, -0.15) is 0 Å². The van der Waals surface area contributed by atoms with E-state index in [9.17, 15) is 4.79 Å². The summed E-state index contributed by atoms with van der Waals surface area (Å²) in [4.78, 5) is 18.7. The molecule has 2 aliphatic rings. The molecule has 0 saturated carbocycles. The molecule has 2 aromatic rings.